The van der Waals surface area contributed by atoms with Gasteiger partial charge in [0.15, 0.2) is 0 Å². The Balaban J connectivity index is 2.12. The monoisotopic (exact) mass is 466 g/mol. The molecule has 0 aliphatic carbocycles. The van der Waals surface area contributed by atoms with E-state index in [1.54, 1.807) is 20.8 Å². The molecular weight excluding hydrogens is 428 g/mol. The summed E-state index contributed by atoms with van der Waals surface area (Å²) in [5, 5.41) is 5.77. The van der Waals surface area contributed by atoms with E-state index in [0.717, 1.165) is 11.1 Å². The molecule has 0 spiro atoms. The minimum atomic E-state index is -0.811. The highest BCUT2D eigenvalue weighted by Gasteiger charge is 2.28. The number of hydrogen-bond donors (Lipinski definition) is 2. The molecule has 0 saturated heterocycles. The number of hydrogen-bond acceptors (Lipinski definition) is 4. The van der Waals surface area contributed by atoms with Crippen molar-refractivity contribution >= 4 is 12.0 Å². The van der Waals surface area contributed by atoms with Crippen molar-refractivity contribution in [3.63, 3.8) is 0 Å². The van der Waals surface area contributed by atoms with Gasteiger partial charge < -0.3 is 20.1 Å². The van der Waals surface area contributed by atoms with Crippen molar-refractivity contribution in [1.29, 1.82) is 0 Å². The van der Waals surface area contributed by atoms with Crippen molar-refractivity contribution in [3.8, 4) is 0 Å². The average Bonchev–Trinajstić information content (AvgIpc) is 2.76. The van der Waals surface area contributed by atoms with Crippen LogP contribution in [0.4, 0.5) is 4.79 Å². The molecule has 2 amide bonds. The Bertz CT molecular complexity index is 920. The number of carbonyl (C=O) groups excluding carboxylic acids is 2. The van der Waals surface area contributed by atoms with Crippen molar-refractivity contribution < 1.29 is 19.1 Å². The Morgan fingerprint density at radius 2 is 1.44 bits per heavy atom. The molecule has 0 aliphatic heterocycles. The first kappa shape index (κ1) is 27.0. The Hall–Kier alpha value is -3.28. The molecule has 2 N–H and O–H groups in total. The minimum Gasteiger partial charge on any atom is -0.492 e. The Labute approximate surface area is 203 Å². The summed E-state index contributed by atoms with van der Waals surface area (Å²) >= 11 is 0. The van der Waals surface area contributed by atoms with E-state index in [1.165, 1.54) is 0 Å². The number of ether oxygens (including phenoxy) is 2. The summed E-state index contributed by atoms with van der Waals surface area (Å²) in [7, 11) is 0. The van der Waals surface area contributed by atoms with Crippen LogP contribution in [0.3, 0.4) is 0 Å². The highest BCUT2D eigenvalue weighted by molar-refractivity contribution is 5.86. The standard InChI is InChI=1S/C28H38N2O4/c1-20(2)17-24(21(3)33-19-23-15-11-8-12-16-23)29-26(31)25(18-22-13-9-7-10-14-22)30-27(32)34-28(4,5)6/h7-16,20,24-25H,3,17-19H2,1-2,4-6H3,(H,29,31)(H,30,32)/t24-,25-/m1/s1. The second kappa shape index (κ2) is 12.8. The largest absolute Gasteiger partial charge is 0.492 e. The first-order valence-corrected chi connectivity index (χ1v) is 11.7. The first-order chi connectivity index (χ1) is 16.0. The molecule has 0 heterocycles. The fourth-order valence-corrected chi connectivity index (χ4v) is 3.37. The fourth-order valence-electron chi connectivity index (χ4n) is 3.37. The van der Waals surface area contributed by atoms with E-state index >= 15 is 0 Å². The third-order valence-electron chi connectivity index (χ3n) is 4.97. The Morgan fingerprint density at radius 1 is 0.882 bits per heavy atom. The molecular formula is C28H38N2O4. The van der Waals surface area contributed by atoms with E-state index in [-0.39, 0.29) is 5.91 Å². The summed E-state index contributed by atoms with van der Waals surface area (Å²) in [4.78, 5) is 25.8. The van der Waals surface area contributed by atoms with Crippen molar-refractivity contribution in [1.82, 2.24) is 10.6 Å². The van der Waals surface area contributed by atoms with E-state index < -0.39 is 23.8 Å². The van der Waals surface area contributed by atoms with Crippen LogP contribution in [-0.2, 0) is 27.3 Å². The smallest absolute Gasteiger partial charge is 0.408 e. The average molecular weight is 467 g/mol. The molecule has 0 aliphatic rings. The number of alkyl carbamates (subject to hydrolysis) is 1. The zero-order chi connectivity index (χ0) is 25.1. The van der Waals surface area contributed by atoms with Gasteiger partial charge in [0.1, 0.15) is 24.0 Å². The molecule has 0 aromatic heterocycles. The van der Waals surface area contributed by atoms with Gasteiger partial charge in [-0.1, -0.05) is 81.1 Å². The predicted molar refractivity (Wildman–Crippen MR) is 135 cm³/mol. The molecule has 0 fully saturated rings. The molecule has 184 valence electrons. The maximum Gasteiger partial charge on any atom is 0.408 e. The molecule has 2 aromatic rings. The van der Waals surface area contributed by atoms with Gasteiger partial charge in [0.2, 0.25) is 5.91 Å². The van der Waals surface area contributed by atoms with Crippen LogP contribution in [0.25, 0.3) is 0 Å². The summed E-state index contributed by atoms with van der Waals surface area (Å²) in [5.74, 6) is 0.472. The molecule has 2 atom stereocenters. The van der Waals surface area contributed by atoms with E-state index in [9.17, 15) is 9.59 Å². The zero-order valence-electron chi connectivity index (χ0n) is 21.0. The van der Waals surface area contributed by atoms with E-state index in [4.69, 9.17) is 9.47 Å². The maximum absolute atomic E-state index is 13.3. The van der Waals surface area contributed by atoms with Gasteiger partial charge >= 0.3 is 6.09 Å². The molecule has 2 aromatic carbocycles. The van der Waals surface area contributed by atoms with E-state index in [0.29, 0.717) is 31.1 Å². The van der Waals surface area contributed by atoms with Crippen molar-refractivity contribution in [2.75, 3.05) is 0 Å². The third kappa shape index (κ3) is 10.1. The highest BCUT2D eigenvalue weighted by atomic mass is 16.6. The lowest BCUT2D eigenvalue weighted by Gasteiger charge is -2.27. The number of rotatable bonds is 11. The molecule has 34 heavy (non-hydrogen) atoms. The highest BCUT2D eigenvalue weighted by Crippen LogP contribution is 2.16. The number of nitrogens with one attached hydrogen (secondary N) is 2. The van der Waals surface area contributed by atoms with Gasteiger partial charge in [-0.15, -0.1) is 0 Å². The van der Waals surface area contributed by atoms with Crippen LogP contribution in [-0.4, -0.2) is 29.7 Å². The fraction of sp³-hybridized carbons (Fsp3) is 0.429. The van der Waals surface area contributed by atoms with Crippen LogP contribution in [0.1, 0.15) is 52.2 Å². The minimum absolute atomic E-state index is 0.300. The van der Waals surface area contributed by atoms with Gasteiger partial charge in [-0.25, -0.2) is 4.79 Å². The maximum atomic E-state index is 13.3. The molecule has 0 radical (unpaired) electrons. The second-order valence-corrected chi connectivity index (χ2v) is 9.82. The zero-order valence-corrected chi connectivity index (χ0v) is 21.0. The van der Waals surface area contributed by atoms with Gasteiger partial charge in [0, 0.05) is 6.42 Å². The van der Waals surface area contributed by atoms with Crippen molar-refractivity contribution in [2.45, 2.75) is 71.8 Å². The molecule has 2 rings (SSSR count). The van der Waals surface area contributed by atoms with Crippen LogP contribution in [0, 0.1) is 5.92 Å². The van der Waals surface area contributed by atoms with Crippen LogP contribution < -0.4 is 10.6 Å². The topological polar surface area (TPSA) is 76.7 Å². The number of amides is 2. The Kier molecular flexibility index (Phi) is 10.2. The molecule has 6 nitrogen and oxygen atoms in total. The van der Waals surface area contributed by atoms with Crippen LogP contribution in [0.15, 0.2) is 73.0 Å². The predicted octanol–water partition coefficient (Wildman–Crippen LogP) is 5.38. The van der Waals surface area contributed by atoms with E-state index in [2.05, 4.69) is 31.1 Å². The van der Waals surface area contributed by atoms with Gasteiger partial charge in [-0.2, -0.15) is 0 Å². The van der Waals surface area contributed by atoms with Gasteiger partial charge in [0.25, 0.3) is 0 Å². The summed E-state index contributed by atoms with van der Waals surface area (Å²) in [6.45, 7) is 13.9. The van der Waals surface area contributed by atoms with Gasteiger partial charge in [-0.05, 0) is 44.2 Å². The van der Waals surface area contributed by atoms with Crippen LogP contribution in [0.5, 0.6) is 0 Å². The van der Waals surface area contributed by atoms with Gasteiger partial charge in [0.05, 0.1) is 6.04 Å². The lowest BCUT2D eigenvalue weighted by atomic mass is 10.0. The quantitative estimate of drug-likeness (QED) is 0.436. The molecule has 0 bridgehead atoms. The summed E-state index contributed by atoms with van der Waals surface area (Å²) in [6, 6.07) is 18.2. The van der Waals surface area contributed by atoms with Gasteiger partial charge in [-0.3, -0.25) is 4.79 Å². The van der Waals surface area contributed by atoms with Crippen LogP contribution in [0.2, 0.25) is 0 Å². The third-order valence-corrected chi connectivity index (χ3v) is 4.97. The van der Waals surface area contributed by atoms with Crippen molar-refractivity contribution in [3.05, 3.63) is 84.1 Å². The lowest BCUT2D eigenvalue weighted by Crippen LogP contribution is -2.52. The second-order valence-electron chi connectivity index (χ2n) is 9.82. The lowest BCUT2D eigenvalue weighted by molar-refractivity contribution is -0.124. The SMILES string of the molecule is C=C(OCc1ccccc1)[C@@H](CC(C)C)NC(=O)[C@@H](Cc1ccccc1)NC(=O)OC(C)(C)C. The number of benzene rings is 2. The van der Waals surface area contributed by atoms with E-state index in [1.807, 2.05) is 60.7 Å². The summed E-state index contributed by atoms with van der Waals surface area (Å²) in [5.41, 5.74) is 1.28. The first-order valence-electron chi connectivity index (χ1n) is 11.7. The molecule has 0 unspecified atom stereocenters. The Morgan fingerprint density at radius 3 is 1.97 bits per heavy atom. The van der Waals surface area contributed by atoms with Crippen molar-refractivity contribution in [2.24, 2.45) is 5.92 Å². The normalized spacial score (nSPS) is 13.0. The summed E-state index contributed by atoms with van der Waals surface area (Å²) < 4.78 is 11.3. The molecule has 0 saturated carbocycles. The van der Waals surface area contributed by atoms with Crippen LogP contribution >= 0.6 is 0 Å². The molecule has 6 heteroatoms. The number of carbonyl (C=O) groups is 2. The summed E-state index contributed by atoms with van der Waals surface area (Å²) in [6.07, 6.45) is 0.352.